The first kappa shape index (κ1) is 41.9. The van der Waals surface area contributed by atoms with Gasteiger partial charge < -0.3 is 14.8 Å². The summed E-state index contributed by atoms with van der Waals surface area (Å²) in [6.07, 6.45) is -7.13. The molecule has 2 heterocycles. The van der Waals surface area contributed by atoms with Gasteiger partial charge >= 0.3 is 29.8 Å². The molecule has 0 bridgehead atoms. The number of hydrogen-bond acceptors (Lipinski definition) is 11. The van der Waals surface area contributed by atoms with E-state index in [1.807, 2.05) is 6.92 Å². The number of carbonyl (C=O) groups is 1. The number of aryl methyl sites for hydroxylation is 1. The van der Waals surface area contributed by atoms with Crippen LogP contribution >= 0.6 is 0 Å². The Morgan fingerprint density at radius 1 is 0.904 bits per heavy atom. The molecule has 280 valence electrons. The summed E-state index contributed by atoms with van der Waals surface area (Å²) in [6, 6.07) is 3.47. The van der Waals surface area contributed by atoms with E-state index in [0.29, 0.717) is 47.9 Å². The van der Waals surface area contributed by atoms with Crippen molar-refractivity contribution in [2.45, 2.75) is 52.9 Å². The number of carbonyl (C=O) groups excluding carboxylic acids is 2. The lowest BCUT2D eigenvalue weighted by atomic mass is 10.1. The summed E-state index contributed by atoms with van der Waals surface area (Å²) in [7, 11) is 2.78. The number of rotatable bonds is 8. The Balaban J connectivity index is 0.000000330. The van der Waals surface area contributed by atoms with Crippen molar-refractivity contribution in [1.29, 1.82) is 0 Å². The van der Waals surface area contributed by atoms with E-state index in [-0.39, 0.29) is 17.5 Å². The van der Waals surface area contributed by atoms with Gasteiger partial charge in [0.2, 0.25) is 29.3 Å². The maximum Gasteiger partial charge on any atom is 0.416 e. The van der Waals surface area contributed by atoms with Crippen LogP contribution in [0.2, 0.25) is 0 Å². The Labute approximate surface area is 289 Å². The number of isocyanates is 1. The third-order valence-corrected chi connectivity index (χ3v) is 6.82. The molecule has 0 aliphatic carbocycles. The second-order valence-electron chi connectivity index (χ2n) is 10.1. The van der Waals surface area contributed by atoms with E-state index in [0.717, 1.165) is 28.6 Å². The minimum absolute atomic E-state index is 0.0866. The van der Waals surface area contributed by atoms with Gasteiger partial charge in [0.1, 0.15) is 0 Å². The van der Waals surface area contributed by atoms with Crippen LogP contribution in [0.15, 0.2) is 41.4 Å². The minimum Gasteiger partial charge on any atom is -0.430 e. The fraction of sp³-hybridized carbons (Fsp3) is 0.333. The smallest absolute Gasteiger partial charge is 0.416 e. The quantitative estimate of drug-likeness (QED) is 0.0593. The molecule has 2 N–H and O–H groups in total. The molecule has 52 heavy (non-hydrogen) atoms. The van der Waals surface area contributed by atoms with Gasteiger partial charge in [-0.3, -0.25) is 25.3 Å². The van der Waals surface area contributed by atoms with Crippen molar-refractivity contribution in [2.24, 2.45) is 4.99 Å². The van der Waals surface area contributed by atoms with Crippen LogP contribution in [0.25, 0.3) is 0 Å². The molecule has 16 nitrogen and oxygen atoms in total. The number of aromatic nitrogens is 4. The van der Waals surface area contributed by atoms with Gasteiger partial charge in [-0.15, -0.1) is 10.2 Å². The van der Waals surface area contributed by atoms with Crippen molar-refractivity contribution in [1.82, 2.24) is 25.3 Å². The Morgan fingerprint density at radius 3 is 1.71 bits per heavy atom. The van der Waals surface area contributed by atoms with E-state index in [9.17, 15) is 51.4 Å². The van der Waals surface area contributed by atoms with Crippen molar-refractivity contribution in [2.75, 3.05) is 14.1 Å². The molecule has 0 spiro atoms. The first-order valence-corrected chi connectivity index (χ1v) is 14.6. The maximum atomic E-state index is 12.8. The van der Waals surface area contributed by atoms with E-state index in [2.05, 4.69) is 25.6 Å². The fourth-order valence-electron chi connectivity index (χ4n) is 4.29. The molecule has 0 unspecified atom stereocenters. The summed E-state index contributed by atoms with van der Waals surface area (Å²) in [5.41, 5.74) is -1.51. The normalized spacial score (nSPS) is 10.8. The number of aliphatic imine (C=N–C) groups is 1. The van der Waals surface area contributed by atoms with Crippen LogP contribution in [0, 0.1) is 34.1 Å². The van der Waals surface area contributed by atoms with Gasteiger partial charge in [0.25, 0.3) is 0 Å². The van der Waals surface area contributed by atoms with Gasteiger partial charge in [0, 0.05) is 43.0 Å². The maximum absolute atomic E-state index is 12.8. The van der Waals surface area contributed by atoms with Crippen LogP contribution in [0.1, 0.15) is 47.5 Å². The summed E-state index contributed by atoms with van der Waals surface area (Å²) < 4.78 is 87.9. The number of halogens is 6. The van der Waals surface area contributed by atoms with E-state index in [4.69, 9.17) is 14.3 Å². The predicted octanol–water partition coefficient (Wildman–Crippen LogP) is 7.61. The number of benzene rings is 2. The summed E-state index contributed by atoms with van der Waals surface area (Å²) in [4.78, 5) is 43.8. The zero-order valence-corrected chi connectivity index (χ0v) is 28.1. The molecule has 2 aromatic carbocycles. The highest BCUT2D eigenvalue weighted by molar-refractivity contribution is 5.77. The second kappa shape index (κ2) is 17.6. The van der Waals surface area contributed by atoms with Crippen LogP contribution in [0.4, 0.5) is 42.5 Å². The number of hydrogen-bond donors (Lipinski definition) is 2. The second-order valence-corrected chi connectivity index (χ2v) is 10.1. The SMILES string of the molecule is CCc1c(Oc2ccc(C(F)(F)F)cc2[N+](=O)[O-])n[nH]c1C.CCc1c(Oc2ccc(C(F)(F)F)cc2[N+](=O)[O-])nn(C(=O)NC)c1C.CN=C=O. The highest BCUT2D eigenvalue weighted by Gasteiger charge is 2.35. The lowest BCUT2D eigenvalue weighted by molar-refractivity contribution is -0.386. The number of nitro benzene ring substituents is 2. The molecule has 0 atom stereocenters. The lowest BCUT2D eigenvalue weighted by Gasteiger charge is -2.09. The van der Waals surface area contributed by atoms with Crippen LogP contribution in [0.5, 0.6) is 23.3 Å². The third-order valence-electron chi connectivity index (χ3n) is 6.82. The number of alkyl halides is 6. The Hall–Kier alpha value is -6.31. The topological polar surface area (TPSA) is 210 Å². The van der Waals surface area contributed by atoms with E-state index in [1.54, 1.807) is 20.8 Å². The minimum atomic E-state index is -4.73. The van der Waals surface area contributed by atoms with Crippen LogP contribution in [0.3, 0.4) is 0 Å². The van der Waals surface area contributed by atoms with Gasteiger partial charge in [-0.05, 0) is 51.0 Å². The molecule has 4 rings (SSSR count). The van der Waals surface area contributed by atoms with Crippen molar-refractivity contribution in [3.05, 3.63) is 90.3 Å². The Bertz CT molecular complexity index is 1970. The Morgan fingerprint density at radius 2 is 1.35 bits per heavy atom. The van der Waals surface area contributed by atoms with E-state index < -0.39 is 56.5 Å². The lowest BCUT2D eigenvalue weighted by Crippen LogP contribution is -2.26. The molecule has 0 aliphatic rings. The zero-order chi connectivity index (χ0) is 39.6. The summed E-state index contributed by atoms with van der Waals surface area (Å²) >= 11 is 0. The molecule has 1 amide bonds. The van der Waals surface area contributed by atoms with Crippen molar-refractivity contribution >= 4 is 23.5 Å². The molecule has 2 aromatic heterocycles. The van der Waals surface area contributed by atoms with Gasteiger partial charge in [0.05, 0.1) is 26.7 Å². The third kappa shape index (κ3) is 10.4. The molecular weight excluding hydrogens is 714 g/mol. The van der Waals surface area contributed by atoms with Gasteiger partial charge in [-0.25, -0.2) is 14.6 Å². The monoisotopic (exact) mass is 744 g/mol. The Kier molecular flexibility index (Phi) is 14.1. The van der Waals surface area contributed by atoms with Gasteiger partial charge in [-0.2, -0.15) is 31.0 Å². The van der Waals surface area contributed by atoms with E-state index in [1.165, 1.54) is 20.2 Å². The molecule has 0 fully saturated rings. The van der Waals surface area contributed by atoms with Gasteiger partial charge in [-0.1, -0.05) is 13.8 Å². The zero-order valence-electron chi connectivity index (χ0n) is 28.1. The molecule has 0 radical (unpaired) electrons. The first-order valence-electron chi connectivity index (χ1n) is 14.6. The summed E-state index contributed by atoms with van der Waals surface area (Å²) in [6.45, 7) is 6.95. The predicted molar refractivity (Wildman–Crippen MR) is 169 cm³/mol. The number of ether oxygens (including phenoxy) is 2. The fourth-order valence-corrected chi connectivity index (χ4v) is 4.29. The van der Waals surface area contributed by atoms with Crippen molar-refractivity contribution in [3.63, 3.8) is 0 Å². The number of H-pyrrole nitrogens is 1. The van der Waals surface area contributed by atoms with Crippen LogP contribution in [-0.4, -0.2) is 56.0 Å². The largest absolute Gasteiger partial charge is 0.430 e. The molecule has 0 aliphatic heterocycles. The number of nitrogens with one attached hydrogen (secondary N) is 2. The average molecular weight is 745 g/mol. The summed E-state index contributed by atoms with van der Waals surface area (Å²) in [5, 5.41) is 35.0. The van der Waals surface area contributed by atoms with Crippen molar-refractivity contribution < 1.29 is 55.3 Å². The number of nitrogens with zero attached hydrogens (tertiary/aromatic N) is 6. The van der Waals surface area contributed by atoms with E-state index >= 15 is 0 Å². The highest BCUT2D eigenvalue weighted by atomic mass is 19.4. The highest BCUT2D eigenvalue weighted by Crippen LogP contribution is 2.40. The van der Waals surface area contributed by atoms with Crippen LogP contribution < -0.4 is 14.8 Å². The van der Waals surface area contributed by atoms with Crippen molar-refractivity contribution in [3.8, 4) is 23.3 Å². The molecule has 0 saturated carbocycles. The van der Waals surface area contributed by atoms with Crippen LogP contribution in [-0.2, 0) is 30.0 Å². The molecular formula is C30H30F6N8O8. The molecule has 22 heteroatoms. The molecule has 4 aromatic rings. The standard InChI is InChI=1S/C15H15F3N4O4.C13H12F3N3O3.C2H3NO/c1-4-10-8(2)21(14(23)19-3)20-13(10)26-12-6-5-9(15(16,17)18)7-11(12)22(24)25;1-3-9-7(2)17-18-12(9)22-11-5-4-8(13(14,15)16)6-10(11)19(20)21;1-3-2-4/h5-7H,4H2,1-3H3,(H,19,23);4-6H,3H2,1-2H3,(H,17,18);1H3. The number of nitro groups is 2. The average Bonchev–Trinajstić information content (AvgIpc) is 3.60. The first-order chi connectivity index (χ1) is 24.2. The molecule has 0 saturated heterocycles. The number of aromatic amines is 1. The van der Waals surface area contributed by atoms with Gasteiger partial charge in [0.15, 0.2) is 0 Å². The summed E-state index contributed by atoms with van der Waals surface area (Å²) in [5.74, 6) is -0.669. The number of amides is 1.